The Hall–Kier alpha value is -2.82. The second-order valence-corrected chi connectivity index (χ2v) is 6.42. The maximum Gasteiger partial charge on any atom is 0.277 e. The number of phenols is 1. The van der Waals surface area contributed by atoms with Crippen LogP contribution in [0.3, 0.4) is 0 Å². The van der Waals surface area contributed by atoms with Crippen molar-refractivity contribution in [1.29, 1.82) is 0 Å². The molecule has 1 amide bonds. The van der Waals surface area contributed by atoms with Crippen LogP contribution in [0.5, 0.6) is 11.5 Å². The van der Waals surface area contributed by atoms with Gasteiger partial charge in [0.25, 0.3) is 5.91 Å². The summed E-state index contributed by atoms with van der Waals surface area (Å²) in [6.07, 6.45) is 1.38. The first-order valence-corrected chi connectivity index (χ1v) is 7.69. The van der Waals surface area contributed by atoms with E-state index in [-0.39, 0.29) is 23.7 Å². The Kier molecular flexibility index (Phi) is 5.58. The molecule has 2 N–H and O–H groups in total. The topological polar surface area (TPSA) is 70.9 Å². The van der Waals surface area contributed by atoms with Crippen molar-refractivity contribution in [3.63, 3.8) is 0 Å². The molecule has 2 aromatic carbocycles. The average molecular weight is 326 g/mol. The van der Waals surface area contributed by atoms with Crippen LogP contribution in [0.4, 0.5) is 0 Å². The highest BCUT2D eigenvalue weighted by Crippen LogP contribution is 2.24. The van der Waals surface area contributed by atoms with Gasteiger partial charge in [0.05, 0.1) is 6.21 Å². The maximum absolute atomic E-state index is 11.7. The van der Waals surface area contributed by atoms with Crippen molar-refractivity contribution in [3.8, 4) is 11.5 Å². The van der Waals surface area contributed by atoms with E-state index in [4.69, 9.17) is 4.74 Å². The number of carbonyl (C=O) groups is 1. The molecule has 0 saturated carbocycles. The molecule has 0 aliphatic heterocycles. The summed E-state index contributed by atoms with van der Waals surface area (Å²) in [4.78, 5) is 11.7. The standard InChI is InChI=1S/C19H22N2O3/c1-19(2,3)15-8-10-16(11-9-15)24-13-18(23)21-20-12-14-6-4-5-7-17(14)22/h4-12,22H,13H2,1-3H3,(H,21,23). The van der Waals surface area contributed by atoms with Crippen molar-refractivity contribution in [1.82, 2.24) is 5.43 Å². The zero-order valence-electron chi connectivity index (χ0n) is 14.1. The van der Waals surface area contributed by atoms with E-state index in [2.05, 4.69) is 31.3 Å². The lowest BCUT2D eigenvalue weighted by Gasteiger charge is -2.19. The van der Waals surface area contributed by atoms with Gasteiger partial charge in [-0.15, -0.1) is 0 Å². The maximum atomic E-state index is 11.7. The number of rotatable bonds is 5. The molecule has 2 aromatic rings. The molecule has 0 atom stereocenters. The number of hydrogen-bond acceptors (Lipinski definition) is 4. The summed E-state index contributed by atoms with van der Waals surface area (Å²) >= 11 is 0. The fourth-order valence-electron chi connectivity index (χ4n) is 2.00. The third-order valence-corrected chi connectivity index (χ3v) is 3.42. The summed E-state index contributed by atoms with van der Waals surface area (Å²) < 4.78 is 5.43. The third-order valence-electron chi connectivity index (χ3n) is 3.42. The summed E-state index contributed by atoms with van der Waals surface area (Å²) in [7, 11) is 0. The van der Waals surface area contributed by atoms with Gasteiger partial charge < -0.3 is 9.84 Å². The van der Waals surface area contributed by atoms with Crippen LogP contribution < -0.4 is 10.2 Å². The smallest absolute Gasteiger partial charge is 0.277 e. The van der Waals surface area contributed by atoms with Gasteiger partial charge in [-0.3, -0.25) is 4.79 Å². The highest BCUT2D eigenvalue weighted by Gasteiger charge is 2.13. The van der Waals surface area contributed by atoms with Crippen molar-refractivity contribution in [3.05, 3.63) is 59.7 Å². The summed E-state index contributed by atoms with van der Waals surface area (Å²) in [6.45, 7) is 6.28. The number of hydrogen-bond donors (Lipinski definition) is 2. The quantitative estimate of drug-likeness (QED) is 0.654. The molecule has 0 spiro atoms. The number of ether oxygens (including phenoxy) is 1. The number of nitrogens with zero attached hydrogens (tertiary/aromatic N) is 1. The van der Waals surface area contributed by atoms with Gasteiger partial charge in [0.1, 0.15) is 11.5 Å². The number of amides is 1. The number of aromatic hydroxyl groups is 1. The molecular formula is C19H22N2O3. The minimum atomic E-state index is -0.374. The van der Waals surface area contributed by atoms with Crippen LogP contribution in [-0.4, -0.2) is 23.8 Å². The van der Waals surface area contributed by atoms with Crippen molar-refractivity contribution >= 4 is 12.1 Å². The van der Waals surface area contributed by atoms with Crippen LogP contribution in [0.25, 0.3) is 0 Å². The van der Waals surface area contributed by atoms with E-state index < -0.39 is 0 Å². The van der Waals surface area contributed by atoms with E-state index in [0.717, 1.165) is 0 Å². The van der Waals surface area contributed by atoms with Crippen LogP contribution in [0, 0.1) is 0 Å². The van der Waals surface area contributed by atoms with E-state index >= 15 is 0 Å². The van der Waals surface area contributed by atoms with Gasteiger partial charge >= 0.3 is 0 Å². The number of para-hydroxylation sites is 1. The van der Waals surface area contributed by atoms with E-state index in [9.17, 15) is 9.90 Å². The fraction of sp³-hybridized carbons (Fsp3) is 0.263. The van der Waals surface area contributed by atoms with Crippen LogP contribution in [0.15, 0.2) is 53.6 Å². The largest absolute Gasteiger partial charge is 0.507 e. The van der Waals surface area contributed by atoms with Crippen LogP contribution in [0.1, 0.15) is 31.9 Å². The molecule has 0 saturated heterocycles. The van der Waals surface area contributed by atoms with Gasteiger partial charge in [-0.05, 0) is 35.2 Å². The second kappa shape index (κ2) is 7.64. The second-order valence-electron chi connectivity index (χ2n) is 6.42. The Morgan fingerprint density at radius 2 is 1.83 bits per heavy atom. The number of nitrogens with one attached hydrogen (secondary N) is 1. The fourth-order valence-corrected chi connectivity index (χ4v) is 2.00. The van der Waals surface area contributed by atoms with Gasteiger partial charge in [0.15, 0.2) is 6.61 Å². The van der Waals surface area contributed by atoms with Crippen molar-refractivity contribution in [2.45, 2.75) is 26.2 Å². The Morgan fingerprint density at radius 3 is 2.46 bits per heavy atom. The molecule has 0 aliphatic carbocycles. The van der Waals surface area contributed by atoms with Crippen LogP contribution in [0.2, 0.25) is 0 Å². The summed E-state index contributed by atoms with van der Waals surface area (Å²) in [6, 6.07) is 14.4. The molecule has 0 radical (unpaired) electrons. The zero-order chi connectivity index (χ0) is 17.6. The lowest BCUT2D eigenvalue weighted by atomic mass is 9.87. The van der Waals surface area contributed by atoms with Crippen molar-refractivity contribution in [2.24, 2.45) is 5.10 Å². The van der Waals surface area contributed by atoms with Crippen LogP contribution >= 0.6 is 0 Å². The molecule has 5 heteroatoms. The predicted octanol–water partition coefficient (Wildman–Crippen LogP) is 3.22. The van der Waals surface area contributed by atoms with Gasteiger partial charge in [-0.25, -0.2) is 5.43 Å². The number of phenolic OH excluding ortho intramolecular Hbond substituents is 1. The number of carbonyl (C=O) groups excluding carboxylic acids is 1. The first-order valence-electron chi connectivity index (χ1n) is 7.69. The minimum Gasteiger partial charge on any atom is -0.507 e. The van der Waals surface area contributed by atoms with Crippen molar-refractivity contribution in [2.75, 3.05) is 6.61 Å². The zero-order valence-corrected chi connectivity index (χ0v) is 14.1. The Morgan fingerprint density at radius 1 is 1.17 bits per heavy atom. The van der Waals surface area contributed by atoms with E-state index in [0.29, 0.717) is 11.3 Å². The molecule has 0 aliphatic rings. The number of benzene rings is 2. The van der Waals surface area contributed by atoms with Gasteiger partial charge in [0.2, 0.25) is 0 Å². The molecular weight excluding hydrogens is 304 g/mol. The summed E-state index contributed by atoms with van der Waals surface area (Å²) in [5.41, 5.74) is 4.16. The SMILES string of the molecule is CC(C)(C)c1ccc(OCC(=O)NN=Cc2ccccc2O)cc1. The van der Waals surface area contributed by atoms with Gasteiger partial charge in [-0.1, -0.05) is 45.0 Å². The Balaban J connectivity index is 1.82. The molecule has 0 bridgehead atoms. The third kappa shape index (κ3) is 5.12. The lowest BCUT2D eigenvalue weighted by Crippen LogP contribution is -2.24. The Labute approximate surface area is 142 Å². The van der Waals surface area contributed by atoms with E-state index in [1.54, 1.807) is 24.3 Å². The molecule has 0 heterocycles. The van der Waals surface area contributed by atoms with Gasteiger partial charge in [0, 0.05) is 5.56 Å². The van der Waals surface area contributed by atoms with Gasteiger partial charge in [-0.2, -0.15) is 5.10 Å². The average Bonchev–Trinajstić information content (AvgIpc) is 2.54. The summed E-state index contributed by atoms with van der Waals surface area (Å²) in [5, 5.41) is 13.4. The van der Waals surface area contributed by atoms with E-state index in [1.807, 2.05) is 24.3 Å². The Bertz CT molecular complexity index is 716. The highest BCUT2D eigenvalue weighted by atomic mass is 16.5. The summed E-state index contributed by atoms with van der Waals surface area (Å²) in [5.74, 6) is 0.357. The highest BCUT2D eigenvalue weighted by molar-refractivity contribution is 5.85. The molecule has 0 fully saturated rings. The molecule has 24 heavy (non-hydrogen) atoms. The van der Waals surface area contributed by atoms with Crippen LogP contribution in [-0.2, 0) is 10.2 Å². The van der Waals surface area contributed by atoms with E-state index in [1.165, 1.54) is 11.8 Å². The first-order chi connectivity index (χ1) is 11.4. The predicted molar refractivity (Wildman–Crippen MR) is 94.5 cm³/mol. The molecule has 126 valence electrons. The van der Waals surface area contributed by atoms with Crippen molar-refractivity contribution < 1.29 is 14.6 Å². The molecule has 0 unspecified atom stereocenters. The first kappa shape index (κ1) is 17.5. The lowest BCUT2D eigenvalue weighted by molar-refractivity contribution is -0.123. The minimum absolute atomic E-state index is 0.0770. The molecule has 2 rings (SSSR count). The number of hydrazone groups is 1. The molecule has 5 nitrogen and oxygen atoms in total. The monoisotopic (exact) mass is 326 g/mol. The normalized spacial score (nSPS) is 11.5. The molecule has 0 aromatic heterocycles.